The summed E-state index contributed by atoms with van der Waals surface area (Å²) in [4.78, 5) is 27.5. The van der Waals surface area contributed by atoms with Crippen molar-refractivity contribution >= 4 is 22.6 Å². The molecule has 3 heterocycles. The lowest BCUT2D eigenvalue weighted by molar-refractivity contribution is -0.133. The van der Waals surface area contributed by atoms with Crippen LogP contribution >= 0.6 is 0 Å². The molecule has 1 aliphatic carbocycles. The number of carbonyl (C=O) groups excluding carboxylic acids is 1. The number of aromatic nitrogens is 3. The molecule has 1 saturated carbocycles. The maximum Gasteiger partial charge on any atom is 0.251 e. The molecule has 1 unspecified atom stereocenters. The van der Waals surface area contributed by atoms with E-state index in [1.807, 2.05) is 13.0 Å². The molecule has 0 radical (unpaired) electrons. The number of morpholine rings is 1. The Labute approximate surface area is 134 Å². The second-order valence-electron chi connectivity index (χ2n) is 6.08. The second kappa shape index (κ2) is 5.73. The first-order valence-corrected chi connectivity index (χ1v) is 7.96. The Morgan fingerprint density at radius 3 is 3.09 bits per heavy atom. The van der Waals surface area contributed by atoms with Gasteiger partial charge < -0.3 is 15.0 Å². The maximum absolute atomic E-state index is 12.3. The first-order chi connectivity index (χ1) is 11.2. The number of nitrogens with one attached hydrogen (secondary N) is 1. The summed E-state index contributed by atoms with van der Waals surface area (Å²) in [5, 5.41) is 3.96. The van der Waals surface area contributed by atoms with Crippen LogP contribution in [-0.2, 0) is 9.53 Å². The monoisotopic (exact) mass is 313 g/mol. The van der Waals surface area contributed by atoms with Gasteiger partial charge in [-0.25, -0.2) is 9.97 Å². The van der Waals surface area contributed by atoms with E-state index >= 15 is 0 Å². The molecule has 1 amide bonds. The van der Waals surface area contributed by atoms with Gasteiger partial charge in [-0.2, -0.15) is 0 Å². The molecule has 4 rings (SSSR count). The van der Waals surface area contributed by atoms with Crippen molar-refractivity contribution in [2.75, 3.05) is 24.6 Å². The molecule has 7 heteroatoms. The highest BCUT2D eigenvalue weighted by Crippen LogP contribution is 2.25. The van der Waals surface area contributed by atoms with Gasteiger partial charge in [-0.3, -0.25) is 9.78 Å². The Kier molecular flexibility index (Phi) is 3.57. The third-order valence-electron chi connectivity index (χ3n) is 4.17. The molecule has 2 aromatic rings. The quantitative estimate of drug-likeness (QED) is 0.903. The molecular weight excluding hydrogens is 294 g/mol. The molecule has 23 heavy (non-hydrogen) atoms. The molecule has 0 aromatic carbocycles. The van der Waals surface area contributed by atoms with Gasteiger partial charge in [0.15, 0.2) is 6.10 Å². The molecule has 2 aliphatic rings. The minimum atomic E-state index is -0.448. The Bertz CT molecular complexity index is 746. The van der Waals surface area contributed by atoms with E-state index in [0.29, 0.717) is 31.6 Å². The zero-order valence-corrected chi connectivity index (χ0v) is 13.0. The van der Waals surface area contributed by atoms with Crippen LogP contribution in [0.4, 0.5) is 5.82 Å². The summed E-state index contributed by atoms with van der Waals surface area (Å²) in [6, 6.07) is 2.26. The molecule has 1 aliphatic heterocycles. The van der Waals surface area contributed by atoms with Crippen molar-refractivity contribution in [3.63, 3.8) is 0 Å². The predicted octanol–water partition coefficient (Wildman–Crippen LogP) is 0.817. The smallest absolute Gasteiger partial charge is 0.251 e. The van der Waals surface area contributed by atoms with Crippen LogP contribution < -0.4 is 10.2 Å². The van der Waals surface area contributed by atoms with E-state index in [0.717, 1.165) is 29.6 Å². The van der Waals surface area contributed by atoms with Crippen LogP contribution in [0.15, 0.2) is 18.5 Å². The van der Waals surface area contributed by atoms with Crippen LogP contribution in [0, 0.1) is 6.92 Å². The van der Waals surface area contributed by atoms with Crippen molar-refractivity contribution in [1.29, 1.82) is 0 Å². The Morgan fingerprint density at radius 2 is 2.26 bits per heavy atom. The number of fused-ring (bicyclic) bond motifs is 1. The van der Waals surface area contributed by atoms with Crippen molar-refractivity contribution < 1.29 is 9.53 Å². The lowest BCUT2D eigenvalue weighted by Crippen LogP contribution is -2.50. The van der Waals surface area contributed by atoms with Gasteiger partial charge in [-0.15, -0.1) is 0 Å². The molecule has 0 bridgehead atoms. The molecular formula is C16H19N5O2. The number of ether oxygens (including phenoxy) is 1. The fourth-order valence-electron chi connectivity index (χ4n) is 2.84. The minimum absolute atomic E-state index is 0.0195. The summed E-state index contributed by atoms with van der Waals surface area (Å²) in [6.07, 6.45) is 5.18. The molecule has 2 aromatic heterocycles. The largest absolute Gasteiger partial charge is 0.365 e. The van der Waals surface area contributed by atoms with E-state index in [1.165, 1.54) is 0 Å². The predicted molar refractivity (Wildman–Crippen MR) is 85.2 cm³/mol. The molecule has 1 saturated heterocycles. The van der Waals surface area contributed by atoms with Gasteiger partial charge in [0.1, 0.15) is 11.6 Å². The van der Waals surface area contributed by atoms with Crippen LogP contribution in [0.2, 0.25) is 0 Å². The summed E-state index contributed by atoms with van der Waals surface area (Å²) < 4.78 is 5.65. The zero-order valence-electron chi connectivity index (χ0n) is 13.0. The maximum atomic E-state index is 12.3. The SMILES string of the molecule is Cc1nc(N2CCOC(C(=O)NC3CC3)C2)c2ccncc2n1. The van der Waals surface area contributed by atoms with Crippen molar-refractivity contribution in [1.82, 2.24) is 20.3 Å². The fraction of sp³-hybridized carbons (Fsp3) is 0.500. The second-order valence-corrected chi connectivity index (χ2v) is 6.08. The normalized spacial score (nSPS) is 21.4. The fourth-order valence-corrected chi connectivity index (χ4v) is 2.84. The Morgan fingerprint density at radius 1 is 1.39 bits per heavy atom. The number of pyridine rings is 1. The Balaban J connectivity index is 1.60. The summed E-state index contributed by atoms with van der Waals surface area (Å²) in [5.41, 5.74) is 0.820. The van der Waals surface area contributed by atoms with E-state index in [2.05, 4.69) is 25.2 Å². The van der Waals surface area contributed by atoms with Gasteiger partial charge in [-0.1, -0.05) is 0 Å². The summed E-state index contributed by atoms with van der Waals surface area (Å²) in [7, 11) is 0. The van der Waals surface area contributed by atoms with Crippen molar-refractivity contribution in [3.05, 3.63) is 24.3 Å². The third kappa shape index (κ3) is 2.96. The van der Waals surface area contributed by atoms with Crippen LogP contribution in [0.1, 0.15) is 18.7 Å². The number of amides is 1. The van der Waals surface area contributed by atoms with Crippen LogP contribution in [0.25, 0.3) is 10.9 Å². The molecule has 7 nitrogen and oxygen atoms in total. The number of hydrogen-bond donors (Lipinski definition) is 1. The molecule has 1 N–H and O–H groups in total. The van der Waals surface area contributed by atoms with Gasteiger partial charge in [0.25, 0.3) is 5.91 Å². The third-order valence-corrected chi connectivity index (χ3v) is 4.17. The minimum Gasteiger partial charge on any atom is -0.365 e. The van der Waals surface area contributed by atoms with Crippen molar-refractivity contribution in [2.24, 2.45) is 0 Å². The van der Waals surface area contributed by atoms with Gasteiger partial charge in [0.05, 0.1) is 24.9 Å². The van der Waals surface area contributed by atoms with E-state index in [-0.39, 0.29) is 5.91 Å². The number of carbonyl (C=O) groups is 1. The number of anilines is 1. The van der Waals surface area contributed by atoms with Crippen LogP contribution in [0.5, 0.6) is 0 Å². The Hall–Kier alpha value is -2.28. The number of aryl methyl sites for hydroxylation is 1. The lowest BCUT2D eigenvalue weighted by atomic mass is 10.2. The highest BCUT2D eigenvalue weighted by atomic mass is 16.5. The van der Waals surface area contributed by atoms with Gasteiger partial charge in [0.2, 0.25) is 0 Å². The zero-order chi connectivity index (χ0) is 15.8. The summed E-state index contributed by atoms with van der Waals surface area (Å²) in [5.74, 6) is 1.53. The van der Waals surface area contributed by atoms with E-state index in [1.54, 1.807) is 12.4 Å². The van der Waals surface area contributed by atoms with Crippen LogP contribution in [-0.4, -0.2) is 52.7 Å². The van der Waals surface area contributed by atoms with Crippen molar-refractivity contribution in [2.45, 2.75) is 31.9 Å². The molecule has 1 atom stereocenters. The molecule has 2 fully saturated rings. The van der Waals surface area contributed by atoms with Crippen molar-refractivity contribution in [3.8, 4) is 0 Å². The molecule has 0 spiro atoms. The summed E-state index contributed by atoms with van der Waals surface area (Å²) in [6.45, 7) is 3.60. The highest BCUT2D eigenvalue weighted by molar-refractivity contribution is 5.89. The van der Waals surface area contributed by atoms with E-state index in [4.69, 9.17) is 4.74 Å². The first-order valence-electron chi connectivity index (χ1n) is 7.96. The van der Waals surface area contributed by atoms with Gasteiger partial charge >= 0.3 is 0 Å². The summed E-state index contributed by atoms with van der Waals surface area (Å²) >= 11 is 0. The number of rotatable bonds is 3. The number of nitrogens with zero attached hydrogens (tertiary/aromatic N) is 4. The highest BCUT2D eigenvalue weighted by Gasteiger charge is 2.32. The van der Waals surface area contributed by atoms with Gasteiger partial charge in [-0.05, 0) is 25.8 Å². The average Bonchev–Trinajstić information content (AvgIpc) is 3.38. The first kappa shape index (κ1) is 14.3. The van der Waals surface area contributed by atoms with E-state index < -0.39 is 6.10 Å². The molecule has 120 valence electrons. The number of hydrogen-bond acceptors (Lipinski definition) is 6. The average molecular weight is 313 g/mol. The standard InChI is InChI=1S/C16H19N5O2/c1-10-18-13-8-17-5-4-12(13)15(19-10)21-6-7-23-14(9-21)16(22)20-11-2-3-11/h4-5,8,11,14H,2-3,6-7,9H2,1H3,(H,20,22). The lowest BCUT2D eigenvalue weighted by Gasteiger charge is -2.33. The van der Waals surface area contributed by atoms with Gasteiger partial charge in [0, 0.05) is 24.2 Å². The van der Waals surface area contributed by atoms with Crippen LogP contribution in [0.3, 0.4) is 0 Å². The topological polar surface area (TPSA) is 80.2 Å². The van der Waals surface area contributed by atoms with E-state index in [9.17, 15) is 4.79 Å².